The van der Waals surface area contributed by atoms with Gasteiger partial charge >= 0.3 is 0 Å². The molecule has 4 nitrogen and oxygen atoms in total. The lowest BCUT2D eigenvalue weighted by Gasteiger charge is -2.20. The molecule has 6 heteroatoms. The van der Waals surface area contributed by atoms with Crippen LogP contribution in [0, 0.1) is 0 Å². The number of benzene rings is 1. The summed E-state index contributed by atoms with van der Waals surface area (Å²) in [5.41, 5.74) is 0. The van der Waals surface area contributed by atoms with Crippen molar-refractivity contribution in [2.75, 3.05) is 13.2 Å². The zero-order valence-electron chi connectivity index (χ0n) is 11.2. The van der Waals surface area contributed by atoms with Gasteiger partial charge in [0.1, 0.15) is 5.75 Å². The first-order chi connectivity index (χ1) is 9.56. The van der Waals surface area contributed by atoms with Gasteiger partial charge in [-0.2, -0.15) is 0 Å². The number of halogens is 2. The first-order valence-corrected chi connectivity index (χ1v) is 7.72. The molecule has 0 aliphatic carbocycles. The normalized spacial score (nSPS) is 19.6. The molecule has 0 saturated carbocycles. The van der Waals surface area contributed by atoms with Crippen molar-refractivity contribution in [3.05, 3.63) is 27.7 Å². The van der Waals surface area contributed by atoms with Crippen molar-refractivity contribution in [3.8, 4) is 5.75 Å². The Morgan fingerprint density at radius 3 is 3.10 bits per heavy atom. The maximum Gasteiger partial charge on any atom is 0.258 e. The first kappa shape index (κ1) is 15.6. The molecule has 0 unspecified atom stereocenters. The lowest BCUT2D eigenvalue weighted by Crippen LogP contribution is -2.42. The van der Waals surface area contributed by atoms with E-state index in [-0.39, 0.29) is 24.7 Å². The summed E-state index contributed by atoms with van der Waals surface area (Å²) in [7, 11) is 0. The lowest BCUT2D eigenvalue weighted by atomic mass is 10.1. The van der Waals surface area contributed by atoms with Gasteiger partial charge in [-0.05, 0) is 38.0 Å². The molecular weight excluding hydrogens is 346 g/mol. The summed E-state index contributed by atoms with van der Waals surface area (Å²) >= 11 is 9.33. The topological polar surface area (TPSA) is 47.6 Å². The molecule has 110 valence electrons. The molecular formula is C14H17BrClNO3. The van der Waals surface area contributed by atoms with E-state index in [1.54, 1.807) is 12.1 Å². The molecule has 0 spiro atoms. The van der Waals surface area contributed by atoms with Crippen LogP contribution in [0.5, 0.6) is 5.75 Å². The van der Waals surface area contributed by atoms with Gasteiger partial charge in [-0.25, -0.2) is 0 Å². The minimum absolute atomic E-state index is 0.00557. The number of amides is 1. The van der Waals surface area contributed by atoms with E-state index in [1.165, 1.54) is 0 Å². The Bertz CT molecular complexity index is 477. The molecule has 20 heavy (non-hydrogen) atoms. The van der Waals surface area contributed by atoms with Crippen molar-refractivity contribution >= 4 is 33.4 Å². The van der Waals surface area contributed by atoms with Gasteiger partial charge in [0.25, 0.3) is 5.91 Å². The molecule has 1 aromatic carbocycles. The van der Waals surface area contributed by atoms with Crippen LogP contribution in [0.2, 0.25) is 5.02 Å². The highest BCUT2D eigenvalue weighted by Crippen LogP contribution is 2.27. The highest BCUT2D eigenvalue weighted by molar-refractivity contribution is 9.10. The van der Waals surface area contributed by atoms with E-state index < -0.39 is 0 Å². The fourth-order valence-electron chi connectivity index (χ4n) is 2.12. The Hall–Kier alpha value is -0.780. The molecule has 1 fully saturated rings. The fraction of sp³-hybridized carbons (Fsp3) is 0.500. The van der Waals surface area contributed by atoms with Crippen LogP contribution in [0.25, 0.3) is 0 Å². The summed E-state index contributed by atoms with van der Waals surface area (Å²) in [6, 6.07) is 5.26. The molecule has 0 aromatic heterocycles. The average molecular weight is 363 g/mol. The SMILES string of the molecule is C[C@@H](NC(=O)COc1ccc(Br)cc1Cl)[C@H]1CCCO1. The second-order valence-corrected chi connectivity index (χ2v) is 6.09. The van der Waals surface area contributed by atoms with Gasteiger partial charge in [0.05, 0.1) is 17.2 Å². The van der Waals surface area contributed by atoms with Crippen molar-refractivity contribution in [1.29, 1.82) is 0 Å². The minimum atomic E-state index is -0.174. The van der Waals surface area contributed by atoms with E-state index in [1.807, 2.05) is 13.0 Å². The summed E-state index contributed by atoms with van der Waals surface area (Å²) in [6.45, 7) is 2.66. The Morgan fingerprint density at radius 2 is 2.45 bits per heavy atom. The molecule has 1 heterocycles. The van der Waals surface area contributed by atoms with Gasteiger partial charge in [0, 0.05) is 11.1 Å². The first-order valence-electron chi connectivity index (χ1n) is 6.55. The summed E-state index contributed by atoms with van der Waals surface area (Å²) in [6.07, 6.45) is 2.15. The van der Waals surface area contributed by atoms with Crippen LogP contribution in [0.1, 0.15) is 19.8 Å². The maximum atomic E-state index is 11.8. The number of rotatable bonds is 5. The molecule has 1 aromatic rings. The van der Waals surface area contributed by atoms with Crippen molar-refractivity contribution in [2.24, 2.45) is 0 Å². The summed E-state index contributed by atoms with van der Waals surface area (Å²) < 4.78 is 11.8. The third kappa shape index (κ3) is 4.36. The van der Waals surface area contributed by atoms with Crippen LogP contribution in [0.15, 0.2) is 22.7 Å². The Balaban J connectivity index is 1.79. The largest absolute Gasteiger partial charge is 0.482 e. The second-order valence-electron chi connectivity index (χ2n) is 4.77. The average Bonchev–Trinajstić information content (AvgIpc) is 2.91. The summed E-state index contributed by atoms with van der Waals surface area (Å²) in [5.74, 6) is 0.321. The maximum absolute atomic E-state index is 11.8. The number of nitrogens with one attached hydrogen (secondary N) is 1. The van der Waals surface area contributed by atoms with Crippen molar-refractivity contribution in [1.82, 2.24) is 5.32 Å². The zero-order chi connectivity index (χ0) is 14.5. The van der Waals surface area contributed by atoms with Gasteiger partial charge in [-0.1, -0.05) is 27.5 Å². The van der Waals surface area contributed by atoms with Crippen molar-refractivity contribution in [2.45, 2.75) is 31.9 Å². The highest BCUT2D eigenvalue weighted by atomic mass is 79.9. The quantitative estimate of drug-likeness (QED) is 0.875. The monoisotopic (exact) mass is 361 g/mol. The minimum Gasteiger partial charge on any atom is -0.482 e. The third-order valence-electron chi connectivity index (χ3n) is 3.16. The number of hydrogen-bond acceptors (Lipinski definition) is 3. The molecule has 2 atom stereocenters. The second kappa shape index (κ2) is 7.29. The zero-order valence-corrected chi connectivity index (χ0v) is 13.5. The molecule has 0 radical (unpaired) electrons. The number of carbonyl (C=O) groups excluding carboxylic acids is 1. The van der Waals surface area contributed by atoms with Crippen LogP contribution in [-0.2, 0) is 9.53 Å². The number of ether oxygens (including phenoxy) is 2. The van der Waals surface area contributed by atoms with E-state index in [9.17, 15) is 4.79 Å². The summed E-state index contributed by atoms with van der Waals surface area (Å²) in [4.78, 5) is 11.8. The molecule has 1 saturated heterocycles. The van der Waals surface area contributed by atoms with E-state index >= 15 is 0 Å². The van der Waals surface area contributed by atoms with E-state index in [0.717, 1.165) is 23.9 Å². The van der Waals surface area contributed by atoms with Gasteiger partial charge in [0.2, 0.25) is 0 Å². The predicted molar refractivity (Wildman–Crippen MR) is 81.2 cm³/mol. The van der Waals surface area contributed by atoms with E-state index in [0.29, 0.717) is 10.8 Å². The van der Waals surface area contributed by atoms with E-state index in [2.05, 4.69) is 21.2 Å². The molecule has 1 N–H and O–H groups in total. The van der Waals surface area contributed by atoms with Crippen LogP contribution < -0.4 is 10.1 Å². The lowest BCUT2D eigenvalue weighted by molar-refractivity contribution is -0.124. The summed E-state index contributed by atoms with van der Waals surface area (Å²) in [5, 5.41) is 3.35. The molecule has 1 aliphatic heterocycles. The fourth-order valence-corrected chi connectivity index (χ4v) is 2.85. The standard InChI is InChI=1S/C14H17BrClNO3/c1-9(12-3-2-6-19-12)17-14(18)8-20-13-5-4-10(15)7-11(13)16/h4-5,7,9,12H,2-3,6,8H2,1H3,(H,17,18)/t9-,12-/m1/s1. The molecule has 2 rings (SSSR count). The van der Waals surface area contributed by atoms with Crippen LogP contribution >= 0.6 is 27.5 Å². The van der Waals surface area contributed by atoms with E-state index in [4.69, 9.17) is 21.1 Å². The van der Waals surface area contributed by atoms with Crippen LogP contribution in [0.4, 0.5) is 0 Å². The number of carbonyl (C=O) groups is 1. The predicted octanol–water partition coefficient (Wildman–Crippen LogP) is 3.17. The molecule has 1 amide bonds. The van der Waals surface area contributed by atoms with Gasteiger partial charge in [0.15, 0.2) is 6.61 Å². The highest BCUT2D eigenvalue weighted by Gasteiger charge is 2.23. The van der Waals surface area contributed by atoms with Gasteiger partial charge in [-0.3, -0.25) is 4.79 Å². The molecule has 0 bridgehead atoms. The Morgan fingerprint density at radius 1 is 1.65 bits per heavy atom. The smallest absolute Gasteiger partial charge is 0.258 e. The van der Waals surface area contributed by atoms with Gasteiger partial charge in [-0.15, -0.1) is 0 Å². The van der Waals surface area contributed by atoms with Gasteiger partial charge < -0.3 is 14.8 Å². The Kier molecular flexibility index (Phi) is 5.69. The van der Waals surface area contributed by atoms with Crippen LogP contribution in [-0.4, -0.2) is 31.3 Å². The van der Waals surface area contributed by atoms with Crippen LogP contribution in [0.3, 0.4) is 0 Å². The van der Waals surface area contributed by atoms with Crippen molar-refractivity contribution < 1.29 is 14.3 Å². The third-order valence-corrected chi connectivity index (χ3v) is 3.95. The Labute approximate surface area is 131 Å². The number of hydrogen-bond donors (Lipinski definition) is 1. The van der Waals surface area contributed by atoms with Crippen molar-refractivity contribution in [3.63, 3.8) is 0 Å². The molecule has 1 aliphatic rings.